The Balaban J connectivity index is 0.000000181. The van der Waals surface area contributed by atoms with Gasteiger partial charge in [-0.2, -0.15) is 5.26 Å². The van der Waals surface area contributed by atoms with Crippen molar-refractivity contribution in [3.8, 4) is 29.0 Å². The van der Waals surface area contributed by atoms with Crippen LogP contribution in [0.4, 0.5) is 8.78 Å². The smallest absolute Gasteiger partial charge is 0.226 e. The lowest BCUT2D eigenvalue weighted by Crippen LogP contribution is -2.11. The zero-order valence-electron chi connectivity index (χ0n) is 16.5. The van der Waals surface area contributed by atoms with Gasteiger partial charge in [-0.3, -0.25) is 0 Å². The van der Waals surface area contributed by atoms with E-state index in [1.54, 1.807) is 18.2 Å². The van der Waals surface area contributed by atoms with Gasteiger partial charge in [-0.05, 0) is 48.5 Å². The minimum Gasteiger partial charge on any atom is -0.444 e. The molecule has 0 saturated carbocycles. The fraction of sp³-hybridized carbons (Fsp3) is 0.136. The minimum atomic E-state index is -1.31. The third-order valence-electron chi connectivity index (χ3n) is 4.19. The van der Waals surface area contributed by atoms with E-state index >= 15 is 0 Å². The predicted molar refractivity (Wildman–Crippen MR) is 108 cm³/mol. The van der Waals surface area contributed by atoms with E-state index in [9.17, 15) is 19.0 Å². The molecule has 0 aliphatic carbocycles. The number of nitrogens with zero attached hydrogens (tertiary/aromatic N) is 3. The molecule has 2 heterocycles. The number of halogens is 2. The van der Waals surface area contributed by atoms with Gasteiger partial charge in [0, 0.05) is 17.7 Å². The van der Waals surface area contributed by atoms with E-state index in [1.165, 1.54) is 48.9 Å². The van der Waals surface area contributed by atoms with Crippen molar-refractivity contribution in [1.29, 1.82) is 5.26 Å². The largest absolute Gasteiger partial charge is 0.444 e. The maximum absolute atomic E-state index is 12.7. The van der Waals surface area contributed by atoms with Crippen molar-refractivity contribution >= 4 is 0 Å². The van der Waals surface area contributed by atoms with Crippen LogP contribution in [0.5, 0.6) is 0 Å². The van der Waals surface area contributed by atoms with Gasteiger partial charge in [-0.1, -0.05) is 0 Å². The summed E-state index contributed by atoms with van der Waals surface area (Å²) in [6.45, 7) is 0.0788. The standard InChI is InChI=1S/C11H11FN2O2.C11H7FN2O2/c2*12-8-3-1-7(2-4-8)11-14-9(6-16-11)10(15)5-13/h1-4,6,10,15H,5,13H2;1-4,6,10,15H. The van der Waals surface area contributed by atoms with Crippen LogP contribution in [0.2, 0.25) is 0 Å². The Morgan fingerprint density at radius 1 is 0.844 bits per heavy atom. The van der Waals surface area contributed by atoms with Crippen molar-refractivity contribution < 1.29 is 27.8 Å². The third kappa shape index (κ3) is 5.61. The Morgan fingerprint density at radius 2 is 1.28 bits per heavy atom. The van der Waals surface area contributed by atoms with Crippen LogP contribution in [0.3, 0.4) is 0 Å². The van der Waals surface area contributed by atoms with Gasteiger partial charge in [0.2, 0.25) is 11.8 Å². The summed E-state index contributed by atoms with van der Waals surface area (Å²) in [5, 5.41) is 27.1. The first-order chi connectivity index (χ1) is 15.4. The molecule has 0 aliphatic heterocycles. The summed E-state index contributed by atoms with van der Waals surface area (Å²) < 4.78 is 35.6. The second-order valence-corrected chi connectivity index (χ2v) is 6.45. The molecule has 2 aromatic heterocycles. The molecule has 0 radical (unpaired) electrons. The molecule has 10 heteroatoms. The second kappa shape index (κ2) is 10.4. The van der Waals surface area contributed by atoms with Crippen molar-refractivity contribution in [3.05, 3.63) is 84.1 Å². The van der Waals surface area contributed by atoms with Crippen LogP contribution < -0.4 is 5.73 Å². The Kier molecular flexibility index (Phi) is 7.41. The molecule has 4 rings (SSSR count). The number of aliphatic hydroxyl groups excluding tert-OH is 2. The summed E-state index contributed by atoms with van der Waals surface area (Å²) >= 11 is 0. The van der Waals surface area contributed by atoms with E-state index in [1.807, 2.05) is 0 Å². The van der Waals surface area contributed by atoms with Gasteiger partial charge in [0.15, 0.2) is 6.10 Å². The Hall–Kier alpha value is -3.91. The number of aliphatic hydroxyl groups is 2. The molecular formula is C22H18F2N4O4. The second-order valence-electron chi connectivity index (χ2n) is 6.45. The highest BCUT2D eigenvalue weighted by molar-refractivity contribution is 5.53. The summed E-state index contributed by atoms with van der Waals surface area (Å²) in [7, 11) is 0. The normalized spacial score (nSPS) is 12.4. The fourth-order valence-corrected chi connectivity index (χ4v) is 2.49. The van der Waals surface area contributed by atoms with Crippen LogP contribution in [-0.4, -0.2) is 26.7 Å². The number of nitrogens with two attached hydrogens (primary N) is 1. The molecule has 4 N–H and O–H groups in total. The topological polar surface area (TPSA) is 142 Å². The molecule has 0 bridgehead atoms. The maximum atomic E-state index is 12.7. The van der Waals surface area contributed by atoms with E-state index < -0.39 is 12.2 Å². The van der Waals surface area contributed by atoms with E-state index in [4.69, 9.17) is 19.8 Å². The zero-order valence-corrected chi connectivity index (χ0v) is 16.5. The molecule has 32 heavy (non-hydrogen) atoms. The van der Waals surface area contributed by atoms with Crippen LogP contribution in [0.1, 0.15) is 23.6 Å². The zero-order chi connectivity index (χ0) is 23.1. The van der Waals surface area contributed by atoms with E-state index in [-0.39, 0.29) is 29.8 Å². The molecule has 2 atom stereocenters. The molecule has 0 aliphatic rings. The molecule has 164 valence electrons. The summed E-state index contributed by atoms with van der Waals surface area (Å²) in [4.78, 5) is 7.98. The molecule has 0 spiro atoms. The van der Waals surface area contributed by atoms with Crippen LogP contribution in [0.25, 0.3) is 22.9 Å². The van der Waals surface area contributed by atoms with E-state index in [2.05, 4.69) is 9.97 Å². The van der Waals surface area contributed by atoms with Crippen molar-refractivity contribution in [2.45, 2.75) is 12.2 Å². The first kappa shape index (κ1) is 22.8. The van der Waals surface area contributed by atoms with Gasteiger partial charge < -0.3 is 24.8 Å². The number of aromatic nitrogens is 2. The van der Waals surface area contributed by atoms with Gasteiger partial charge in [0.25, 0.3) is 0 Å². The number of hydrogen-bond acceptors (Lipinski definition) is 8. The fourth-order valence-electron chi connectivity index (χ4n) is 2.49. The van der Waals surface area contributed by atoms with Crippen LogP contribution in [-0.2, 0) is 0 Å². The quantitative estimate of drug-likeness (QED) is 0.400. The first-order valence-electron chi connectivity index (χ1n) is 9.29. The average Bonchev–Trinajstić information content (AvgIpc) is 3.50. The average molecular weight is 440 g/mol. The Morgan fingerprint density at radius 3 is 1.72 bits per heavy atom. The summed E-state index contributed by atoms with van der Waals surface area (Å²) in [6, 6.07) is 12.9. The number of oxazole rings is 2. The van der Waals surface area contributed by atoms with Crippen molar-refractivity contribution in [3.63, 3.8) is 0 Å². The van der Waals surface area contributed by atoms with Crippen LogP contribution >= 0.6 is 0 Å². The third-order valence-corrected chi connectivity index (χ3v) is 4.19. The molecule has 4 aromatic rings. The monoisotopic (exact) mass is 440 g/mol. The lowest BCUT2D eigenvalue weighted by molar-refractivity contribution is 0.181. The van der Waals surface area contributed by atoms with Crippen molar-refractivity contribution in [1.82, 2.24) is 9.97 Å². The molecule has 0 fully saturated rings. The SMILES string of the molecule is N#CC(O)c1coc(-c2ccc(F)cc2)n1.NCC(O)c1coc(-c2ccc(F)cc2)n1. The number of hydrogen-bond donors (Lipinski definition) is 3. The molecule has 2 aromatic carbocycles. The minimum absolute atomic E-state index is 0.0788. The highest BCUT2D eigenvalue weighted by atomic mass is 19.1. The van der Waals surface area contributed by atoms with Crippen molar-refractivity contribution in [2.75, 3.05) is 6.54 Å². The number of rotatable bonds is 5. The van der Waals surface area contributed by atoms with Crippen LogP contribution in [0.15, 0.2) is 69.9 Å². The summed E-state index contributed by atoms with van der Waals surface area (Å²) in [6.07, 6.45) is 0.402. The first-order valence-corrected chi connectivity index (χ1v) is 9.29. The Labute approximate surface area is 181 Å². The highest BCUT2D eigenvalue weighted by Crippen LogP contribution is 2.22. The van der Waals surface area contributed by atoms with Gasteiger partial charge in [-0.15, -0.1) is 0 Å². The number of benzene rings is 2. The summed E-state index contributed by atoms with van der Waals surface area (Å²) in [5.74, 6) is -0.100. The van der Waals surface area contributed by atoms with Gasteiger partial charge in [0.1, 0.15) is 47.7 Å². The molecule has 0 amide bonds. The lowest BCUT2D eigenvalue weighted by Gasteiger charge is -2.00. The van der Waals surface area contributed by atoms with Gasteiger partial charge in [0.05, 0.1) is 0 Å². The lowest BCUT2D eigenvalue weighted by atomic mass is 10.2. The molecule has 8 nitrogen and oxygen atoms in total. The number of nitriles is 1. The highest BCUT2D eigenvalue weighted by Gasteiger charge is 2.14. The van der Waals surface area contributed by atoms with Crippen LogP contribution in [0, 0.1) is 23.0 Å². The van der Waals surface area contributed by atoms with Gasteiger partial charge >= 0.3 is 0 Å². The van der Waals surface area contributed by atoms with E-state index in [0.29, 0.717) is 22.7 Å². The predicted octanol–water partition coefficient (Wildman–Crippen LogP) is 3.51. The molecule has 0 saturated heterocycles. The molecular weight excluding hydrogens is 422 g/mol. The maximum Gasteiger partial charge on any atom is 0.226 e. The Bertz CT molecular complexity index is 1180. The van der Waals surface area contributed by atoms with Gasteiger partial charge in [-0.25, -0.2) is 18.7 Å². The summed E-state index contributed by atoms with van der Waals surface area (Å²) in [5.41, 5.74) is 7.04. The molecule has 2 unspecified atom stereocenters. The van der Waals surface area contributed by atoms with Crippen molar-refractivity contribution in [2.24, 2.45) is 5.73 Å². The van der Waals surface area contributed by atoms with E-state index in [0.717, 1.165) is 0 Å².